The molecule has 4 heteroatoms. The molecule has 1 aliphatic carbocycles. The fourth-order valence-electron chi connectivity index (χ4n) is 3.07. The summed E-state index contributed by atoms with van der Waals surface area (Å²) in [5, 5.41) is 0. The van der Waals surface area contributed by atoms with Crippen LogP contribution >= 0.6 is 0 Å². The van der Waals surface area contributed by atoms with Gasteiger partial charge in [-0.1, -0.05) is 12.1 Å². The fourth-order valence-corrected chi connectivity index (χ4v) is 3.07. The molecule has 0 atom stereocenters. The Bertz CT molecular complexity index is 819. The van der Waals surface area contributed by atoms with E-state index in [0.29, 0.717) is 12.5 Å². The first-order chi connectivity index (χ1) is 11.8. The number of rotatable bonds is 7. The number of aromatic nitrogens is 2. The molecule has 0 saturated heterocycles. The van der Waals surface area contributed by atoms with Crippen molar-refractivity contribution in [3.8, 4) is 11.5 Å². The van der Waals surface area contributed by atoms with E-state index in [-0.39, 0.29) is 0 Å². The second-order valence-corrected chi connectivity index (χ2v) is 6.26. The Morgan fingerprint density at radius 2 is 1.79 bits per heavy atom. The predicted octanol–water partition coefficient (Wildman–Crippen LogP) is 4.39. The maximum atomic E-state index is 5.84. The van der Waals surface area contributed by atoms with Gasteiger partial charge in [-0.2, -0.15) is 0 Å². The number of ether oxygens (including phenoxy) is 2. The summed E-state index contributed by atoms with van der Waals surface area (Å²) in [4.78, 5) is 4.84. The summed E-state index contributed by atoms with van der Waals surface area (Å²) < 4.78 is 13.4. The lowest BCUT2D eigenvalue weighted by Gasteiger charge is -2.10. The Morgan fingerprint density at radius 3 is 2.54 bits per heavy atom. The van der Waals surface area contributed by atoms with Crippen LogP contribution in [0.4, 0.5) is 0 Å². The van der Waals surface area contributed by atoms with Crippen molar-refractivity contribution in [2.75, 3.05) is 13.7 Å². The van der Waals surface area contributed by atoms with E-state index in [1.54, 1.807) is 7.11 Å². The number of fused-ring (bicyclic) bond motifs is 1. The first kappa shape index (κ1) is 15.1. The topological polar surface area (TPSA) is 36.3 Å². The van der Waals surface area contributed by atoms with Crippen LogP contribution in [0.2, 0.25) is 0 Å². The molecule has 1 saturated carbocycles. The molecule has 4 nitrogen and oxygen atoms in total. The second-order valence-electron chi connectivity index (χ2n) is 6.26. The monoisotopic (exact) mass is 322 g/mol. The van der Waals surface area contributed by atoms with Gasteiger partial charge in [-0.15, -0.1) is 0 Å². The quantitative estimate of drug-likeness (QED) is 0.605. The highest BCUT2D eigenvalue weighted by Crippen LogP contribution is 2.40. The molecule has 3 aromatic rings. The standard InChI is InChI=1S/C20H22N2O2/c1-23-16-9-11-17(12-10-16)24-14-4-13-22-19-6-3-2-5-18(19)21-20(22)15-7-8-15/h2-3,5-6,9-12,15H,4,7-8,13-14H2,1H3. The minimum absolute atomic E-state index is 0.653. The number of methoxy groups -OCH3 is 1. The number of benzene rings is 2. The number of nitrogens with zero attached hydrogens (tertiary/aromatic N) is 2. The Balaban J connectivity index is 1.40. The zero-order valence-electron chi connectivity index (χ0n) is 13.9. The number of imidazole rings is 1. The van der Waals surface area contributed by atoms with Crippen molar-refractivity contribution >= 4 is 11.0 Å². The third-order valence-corrected chi connectivity index (χ3v) is 4.48. The highest BCUT2D eigenvalue weighted by molar-refractivity contribution is 5.76. The van der Waals surface area contributed by atoms with E-state index in [2.05, 4.69) is 28.8 Å². The van der Waals surface area contributed by atoms with Crippen LogP contribution in [0.25, 0.3) is 11.0 Å². The van der Waals surface area contributed by atoms with Gasteiger partial charge in [0.2, 0.25) is 0 Å². The van der Waals surface area contributed by atoms with Crippen LogP contribution in [0, 0.1) is 0 Å². The Kier molecular flexibility index (Phi) is 4.11. The molecule has 1 fully saturated rings. The molecule has 2 aromatic carbocycles. The van der Waals surface area contributed by atoms with E-state index in [1.807, 2.05) is 24.3 Å². The van der Waals surface area contributed by atoms with Crippen LogP contribution in [0.5, 0.6) is 11.5 Å². The molecule has 1 aliphatic rings. The molecule has 0 N–H and O–H groups in total. The minimum Gasteiger partial charge on any atom is -0.497 e. The van der Waals surface area contributed by atoms with Gasteiger partial charge < -0.3 is 14.0 Å². The molecule has 0 aliphatic heterocycles. The smallest absolute Gasteiger partial charge is 0.119 e. The van der Waals surface area contributed by atoms with E-state index in [1.165, 1.54) is 24.2 Å². The minimum atomic E-state index is 0.653. The average molecular weight is 322 g/mol. The van der Waals surface area contributed by atoms with Gasteiger partial charge in [-0.05, 0) is 55.7 Å². The maximum Gasteiger partial charge on any atom is 0.119 e. The van der Waals surface area contributed by atoms with Crippen LogP contribution in [0.15, 0.2) is 48.5 Å². The molecule has 124 valence electrons. The van der Waals surface area contributed by atoms with Gasteiger partial charge >= 0.3 is 0 Å². The second kappa shape index (κ2) is 6.56. The largest absolute Gasteiger partial charge is 0.497 e. The molecule has 0 unspecified atom stereocenters. The van der Waals surface area contributed by atoms with E-state index < -0.39 is 0 Å². The Hall–Kier alpha value is -2.49. The van der Waals surface area contributed by atoms with Crippen LogP contribution in [0.1, 0.15) is 31.0 Å². The molecule has 4 rings (SSSR count). The van der Waals surface area contributed by atoms with Crippen LogP contribution in [0.3, 0.4) is 0 Å². The van der Waals surface area contributed by atoms with E-state index in [9.17, 15) is 0 Å². The number of aryl methyl sites for hydroxylation is 1. The molecule has 1 heterocycles. The zero-order valence-corrected chi connectivity index (χ0v) is 13.9. The molecular weight excluding hydrogens is 300 g/mol. The molecule has 0 radical (unpaired) electrons. The summed E-state index contributed by atoms with van der Waals surface area (Å²) >= 11 is 0. The van der Waals surface area contributed by atoms with Gasteiger partial charge in [0.15, 0.2) is 0 Å². The summed E-state index contributed by atoms with van der Waals surface area (Å²) in [6, 6.07) is 16.1. The van der Waals surface area contributed by atoms with Crippen molar-refractivity contribution in [3.63, 3.8) is 0 Å². The molecule has 24 heavy (non-hydrogen) atoms. The molecule has 0 spiro atoms. The summed E-state index contributed by atoms with van der Waals surface area (Å²) in [6.07, 6.45) is 3.50. The fraction of sp³-hybridized carbons (Fsp3) is 0.350. The van der Waals surface area contributed by atoms with Crippen molar-refractivity contribution in [1.29, 1.82) is 0 Å². The highest BCUT2D eigenvalue weighted by atomic mass is 16.5. The highest BCUT2D eigenvalue weighted by Gasteiger charge is 2.29. The molecule has 1 aromatic heterocycles. The summed E-state index contributed by atoms with van der Waals surface area (Å²) in [6.45, 7) is 1.64. The lowest BCUT2D eigenvalue weighted by atomic mass is 10.3. The third kappa shape index (κ3) is 3.09. The number of hydrogen-bond donors (Lipinski definition) is 0. The number of hydrogen-bond acceptors (Lipinski definition) is 3. The van der Waals surface area contributed by atoms with E-state index in [0.717, 1.165) is 30.0 Å². The van der Waals surface area contributed by atoms with Gasteiger partial charge in [0.25, 0.3) is 0 Å². The molecular formula is C20H22N2O2. The summed E-state index contributed by atoms with van der Waals surface area (Å²) in [5.41, 5.74) is 2.35. The van der Waals surface area contributed by atoms with Crippen molar-refractivity contribution in [3.05, 3.63) is 54.4 Å². The van der Waals surface area contributed by atoms with Crippen LogP contribution in [-0.4, -0.2) is 23.3 Å². The summed E-state index contributed by atoms with van der Waals surface area (Å²) in [7, 11) is 1.67. The Labute approximate surface area is 142 Å². The first-order valence-corrected chi connectivity index (χ1v) is 8.57. The van der Waals surface area contributed by atoms with Crippen molar-refractivity contribution in [2.45, 2.75) is 31.7 Å². The first-order valence-electron chi connectivity index (χ1n) is 8.57. The van der Waals surface area contributed by atoms with E-state index >= 15 is 0 Å². The van der Waals surface area contributed by atoms with Crippen molar-refractivity contribution in [2.24, 2.45) is 0 Å². The third-order valence-electron chi connectivity index (χ3n) is 4.48. The van der Waals surface area contributed by atoms with Crippen molar-refractivity contribution in [1.82, 2.24) is 9.55 Å². The molecule has 0 bridgehead atoms. The number of para-hydroxylation sites is 2. The van der Waals surface area contributed by atoms with Gasteiger partial charge in [0.1, 0.15) is 17.3 Å². The van der Waals surface area contributed by atoms with Gasteiger partial charge in [0, 0.05) is 12.5 Å². The normalized spacial score (nSPS) is 14.0. The van der Waals surface area contributed by atoms with Gasteiger partial charge in [0.05, 0.1) is 24.8 Å². The van der Waals surface area contributed by atoms with Gasteiger partial charge in [-0.25, -0.2) is 4.98 Å². The lowest BCUT2D eigenvalue weighted by Crippen LogP contribution is -2.07. The zero-order chi connectivity index (χ0) is 16.4. The van der Waals surface area contributed by atoms with E-state index in [4.69, 9.17) is 14.5 Å². The average Bonchev–Trinajstić information content (AvgIpc) is 3.41. The SMILES string of the molecule is COc1ccc(OCCCn2c(C3CC3)nc3ccccc32)cc1. The maximum absolute atomic E-state index is 5.84. The van der Waals surface area contributed by atoms with Gasteiger partial charge in [-0.3, -0.25) is 0 Å². The molecule has 0 amide bonds. The Morgan fingerprint density at radius 1 is 1.04 bits per heavy atom. The predicted molar refractivity (Wildman–Crippen MR) is 94.8 cm³/mol. The van der Waals surface area contributed by atoms with Crippen LogP contribution < -0.4 is 9.47 Å². The van der Waals surface area contributed by atoms with Crippen molar-refractivity contribution < 1.29 is 9.47 Å². The summed E-state index contributed by atoms with van der Waals surface area (Å²) in [5.74, 6) is 3.63. The van der Waals surface area contributed by atoms with Crippen LogP contribution in [-0.2, 0) is 6.54 Å². The lowest BCUT2D eigenvalue weighted by molar-refractivity contribution is 0.301.